The van der Waals surface area contributed by atoms with E-state index in [1.54, 1.807) is 72.8 Å². The Morgan fingerprint density at radius 2 is 1.52 bits per heavy atom. The summed E-state index contributed by atoms with van der Waals surface area (Å²) in [4.78, 5) is 41.4. The number of hydrogen-bond acceptors (Lipinski definition) is 5. The lowest BCUT2D eigenvalue weighted by Gasteiger charge is -2.13. The van der Waals surface area contributed by atoms with Crippen LogP contribution in [0.25, 0.3) is 6.08 Å². The summed E-state index contributed by atoms with van der Waals surface area (Å²) < 4.78 is 0. The van der Waals surface area contributed by atoms with Crippen molar-refractivity contribution in [2.75, 3.05) is 35.4 Å². The zero-order chi connectivity index (χ0) is 30.1. The van der Waals surface area contributed by atoms with Crippen LogP contribution in [0.3, 0.4) is 0 Å². The number of hydrogen-bond donors (Lipinski definition) is 3. The summed E-state index contributed by atoms with van der Waals surface area (Å²) in [6.45, 7) is 0. The molecule has 4 rings (SSSR count). The smallest absolute Gasteiger partial charge is 0.272 e. The minimum atomic E-state index is -0.478. The largest absolute Gasteiger partial charge is 0.378 e. The van der Waals surface area contributed by atoms with Crippen molar-refractivity contribution in [2.24, 2.45) is 0 Å². The van der Waals surface area contributed by atoms with Crippen LogP contribution in [0.2, 0.25) is 10.0 Å². The van der Waals surface area contributed by atoms with Gasteiger partial charge < -0.3 is 20.9 Å². The Morgan fingerprint density at radius 1 is 0.833 bits per heavy atom. The van der Waals surface area contributed by atoms with Gasteiger partial charge in [-0.25, -0.2) is 0 Å². The van der Waals surface area contributed by atoms with Gasteiger partial charge in [-0.3, -0.25) is 14.4 Å². The van der Waals surface area contributed by atoms with Crippen LogP contribution in [0.1, 0.15) is 15.9 Å². The Kier molecular flexibility index (Phi) is 10.7. The lowest BCUT2D eigenvalue weighted by Crippen LogP contribution is -2.30. The number of amides is 3. The van der Waals surface area contributed by atoms with Gasteiger partial charge in [0.1, 0.15) is 5.70 Å². The van der Waals surface area contributed by atoms with Crippen LogP contribution >= 0.6 is 35.0 Å². The minimum Gasteiger partial charge on any atom is -0.378 e. The molecule has 0 aromatic heterocycles. The van der Waals surface area contributed by atoms with Crippen molar-refractivity contribution in [3.05, 3.63) is 124 Å². The average molecular weight is 620 g/mol. The highest BCUT2D eigenvalue weighted by molar-refractivity contribution is 8.00. The van der Waals surface area contributed by atoms with Crippen molar-refractivity contribution >= 4 is 75.8 Å². The summed E-state index contributed by atoms with van der Waals surface area (Å²) in [7, 11) is 3.89. The molecule has 7 nitrogen and oxygen atoms in total. The van der Waals surface area contributed by atoms with Crippen molar-refractivity contribution in [1.29, 1.82) is 0 Å². The van der Waals surface area contributed by atoms with Crippen LogP contribution in [-0.2, 0) is 9.59 Å². The van der Waals surface area contributed by atoms with Gasteiger partial charge in [0, 0.05) is 41.0 Å². The second kappa shape index (κ2) is 14.6. The molecule has 0 fully saturated rings. The minimum absolute atomic E-state index is 0.0938. The number of carbonyl (C=O) groups is 3. The second-order valence-corrected chi connectivity index (χ2v) is 11.2. The summed E-state index contributed by atoms with van der Waals surface area (Å²) in [5.74, 6) is -0.955. The predicted molar refractivity (Wildman–Crippen MR) is 174 cm³/mol. The van der Waals surface area contributed by atoms with Crippen LogP contribution in [-0.4, -0.2) is 37.6 Å². The van der Waals surface area contributed by atoms with Crippen molar-refractivity contribution in [2.45, 2.75) is 4.90 Å². The molecular formula is C32H28Cl2N4O3S. The molecule has 0 bridgehead atoms. The summed E-state index contributed by atoms with van der Waals surface area (Å²) in [5, 5.41) is 9.21. The quantitative estimate of drug-likeness (QED) is 0.129. The normalized spacial score (nSPS) is 11.0. The molecule has 0 aliphatic carbocycles. The first-order valence-corrected chi connectivity index (χ1v) is 14.6. The van der Waals surface area contributed by atoms with Gasteiger partial charge in [0.2, 0.25) is 5.91 Å². The number of halogens is 2. The highest BCUT2D eigenvalue weighted by atomic mass is 35.5. The van der Waals surface area contributed by atoms with E-state index in [4.69, 9.17) is 23.2 Å². The fraction of sp³-hybridized carbons (Fsp3) is 0.0938. The summed E-state index contributed by atoms with van der Waals surface area (Å²) in [6, 6.07) is 28.2. The fourth-order valence-electron chi connectivity index (χ4n) is 3.74. The zero-order valence-corrected chi connectivity index (χ0v) is 25.2. The Balaban J connectivity index is 1.42. The predicted octanol–water partition coefficient (Wildman–Crippen LogP) is 7.20. The lowest BCUT2D eigenvalue weighted by atomic mass is 10.1. The molecule has 214 valence electrons. The highest BCUT2D eigenvalue weighted by Crippen LogP contribution is 2.26. The first-order valence-electron chi connectivity index (χ1n) is 12.8. The van der Waals surface area contributed by atoms with Crippen molar-refractivity contribution in [1.82, 2.24) is 5.32 Å². The maximum atomic E-state index is 13.3. The maximum absolute atomic E-state index is 13.3. The van der Waals surface area contributed by atoms with Crippen molar-refractivity contribution in [3.63, 3.8) is 0 Å². The van der Waals surface area contributed by atoms with E-state index >= 15 is 0 Å². The third-order valence-electron chi connectivity index (χ3n) is 5.93. The topological polar surface area (TPSA) is 90.5 Å². The molecule has 4 aromatic carbocycles. The van der Waals surface area contributed by atoms with Gasteiger partial charge >= 0.3 is 0 Å². The molecular weight excluding hydrogens is 591 g/mol. The first-order chi connectivity index (χ1) is 20.2. The van der Waals surface area contributed by atoms with Crippen LogP contribution in [0, 0.1) is 0 Å². The van der Waals surface area contributed by atoms with E-state index in [2.05, 4.69) is 16.0 Å². The van der Waals surface area contributed by atoms with Gasteiger partial charge in [0.25, 0.3) is 11.8 Å². The van der Waals surface area contributed by atoms with Gasteiger partial charge in [-0.05, 0) is 78.4 Å². The van der Waals surface area contributed by atoms with E-state index in [0.29, 0.717) is 27.0 Å². The average Bonchev–Trinajstić information content (AvgIpc) is 2.99. The molecule has 10 heteroatoms. The molecule has 0 radical (unpaired) electrons. The van der Waals surface area contributed by atoms with E-state index in [9.17, 15) is 14.4 Å². The SMILES string of the molecule is CN(C)c1ccc(/C=C(\NC(=O)c2ccccc2)C(=O)Nc2ccc(SCC(=O)Nc3cc(Cl)ccc3Cl)cc2)cc1. The third-order valence-corrected chi connectivity index (χ3v) is 7.51. The number of anilines is 3. The number of rotatable bonds is 10. The lowest BCUT2D eigenvalue weighted by molar-refractivity contribution is -0.114. The number of benzene rings is 4. The van der Waals surface area contributed by atoms with Gasteiger partial charge in [0.15, 0.2) is 0 Å². The molecule has 4 aromatic rings. The Morgan fingerprint density at radius 3 is 2.19 bits per heavy atom. The number of nitrogens with one attached hydrogen (secondary N) is 3. The number of nitrogens with zero attached hydrogens (tertiary/aromatic N) is 1. The van der Waals surface area contributed by atoms with E-state index in [1.807, 2.05) is 49.3 Å². The van der Waals surface area contributed by atoms with Crippen molar-refractivity contribution < 1.29 is 14.4 Å². The molecule has 0 aliphatic rings. The maximum Gasteiger partial charge on any atom is 0.272 e. The Labute approximate surface area is 258 Å². The zero-order valence-electron chi connectivity index (χ0n) is 22.9. The number of carbonyl (C=O) groups excluding carboxylic acids is 3. The molecule has 0 atom stereocenters. The van der Waals surface area contributed by atoms with Gasteiger partial charge in [0.05, 0.1) is 16.5 Å². The molecule has 3 N–H and O–H groups in total. The Hall–Kier alpha value is -4.24. The number of thioether (sulfide) groups is 1. The monoisotopic (exact) mass is 618 g/mol. The Bertz CT molecular complexity index is 1590. The summed E-state index contributed by atoms with van der Waals surface area (Å²) in [5.41, 5.74) is 3.27. The van der Waals surface area contributed by atoms with Gasteiger partial charge in [-0.2, -0.15) is 0 Å². The molecule has 0 heterocycles. The third kappa shape index (κ3) is 8.88. The molecule has 0 aliphatic heterocycles. The second-order valence-electron chi connectivity index (χ2n) is 9.30. The van der Waals surface area contributed by atoms with E-state index < -0.39 is 11.8 Å². The van der Waals surface area contributed by atoms with E-state index in [-0.39, 0.29) is 17.4 Å². The molecule has 0 saturated carbocycles. The van der Waals surface area contributed by atoms with Crippen molar-refractivity contribution in [3.8, 4) is 0 Å². The van der Waals surface area contributed by atoms with E-state index in [1.165, 1.54) is 11.8 Å². The molecule has 0 saturated heterocycles. The molecule has 42 heavy (non-hydrogen) atoms. The van der Waals surface area contributed by atoms with Crippen LogP contribution < -0.4 is 20.9 Å². The standard InChI is InChI=1S/C32H28Cl2N4O3S/c1-38(2)25-13-8-21(9-14-25)18-29(37-31(40)22-6-4-3-5-7-22)32(41)35-24-11-15-26(16-12-24)42-20-30(39)36-28-19-23(33)10-17-27(28)34/h3-19H,20H2,1-2H3,(H,35,41)(H,36,39)(H,37,40)/b29-18-. The fourth-order valence-corrected chi connectivity index (χ4v) is 4.77. The van der Waals surface area contributed by atoms with Crippen LogP contribution in [0.15, 0.2) is 108 Å². The first kappa shape index (κ1) is 30.7. The summed E-state index contributed by atoms with van der Waals surface area (Å²) >= 11 is 13.4. The summed E-state index contributed by atoms with van der Waals surface area (Å²) in [6.07, 6.45) is 1.63. The molecule has 3 amide bonds. The van der Waals surface area contributed by atoms with Gasteiger partial charge in [-0.15, -0.1) is 11.8 Å². The highest BCUT2D eigenvalue weighted by Gasteiger charge is 2.15. The van der Waals surface area contributed by atoms with Crippen LogP contribution in [0.5, 0.6) is 0 Å². The molecule has 0 spiro atoms. The van der Waals surface area contributed by atoms with E-state index in [0.717, 1.165) is 16.1 Å². The molecule has 0 unspecified atom stereocenters. The van der Waals surface area contributed by atoms with Crippen LogP contribution in [0.4, 0.5) is 17.1 Å². The van der Waals surface area contributed by atoms with Gasteiger partial charge in [-0.1, -0.05) is 53.5 Å².